The lowest BCUT2D eigenvalue weighted by atomic mass is 9.83. The molecule has 1 N–H and O–H groups in total. The van der Waals surface area contributed by atoms with Crippen molar-refractivity contribution in [2.45, 2.75) is 187 Å². The van der Waals surface area contributed by atoms with Crippen LogP contribution in [0.1, 0.15) is 144 Å². The van der Waals surface area contributed by atoms with Gasteiger partial charge in [0, 0.05) is 84.0 Å². The number of rotatable bonds is 35. The third kappa shape index (κ3) is 17.8. The number of hydrogen-bond acceptors (Lipinski definition) is 13. The predicted molar refractivity (Wildman–Crippen MR) is 304 cm³/mol. The first-order valence-electron chi connectivity index (χ1n) is 29.5. The van der Waals surface area contributed by atoms with Crippen LogP contribution in [0, 0.1) is 35.5 Å². The molecule has 1 aromatic carbocycles. The number of carbonyl (C=O) groups is 9. The largest absolute Gasteiger partial charge is 0.379 e. The normalized spacial score (nSPS) is 21.0. The molecule has 80 heavy (non-hydrogen) atoms. The van der Waals surface area contributed by atoms with E-state index in [9.17, 15) is 43.2 Å². The first-order chi connectivity index (χ1) is 38.1. The molecule has 18 nitrogen and oxygen atoms in total. The number of nitrogens with zero attached hydrogens (tertiary/aromatic N) is 5. The topological polar surface area (TPSA) is 210 Å². The van der Waals surface area contributed by atoms with Crippen LogP contribution in [-0.4, -0.2) is 174 Å². The average molecular weight is 1120 g/mol. The van der Waals surface area contributed by atoms with Gasteiger partial charge in [0.1, 0.15) is 11.9 Å². The molecule has 5 aliphatic rings. The summed E-state index contributed by atoms with van der Waals surface area (Å²) in [6.45, 7) is 14.8. The zero-order valence-electron chi connectivity index (χ0n) is 49.8. The molecular formula is C62H94N6O12. The number of methoxy groups -OCH3 is 2. The van der Waals surface area contributed by atoms with Crippen LogP contribution in [0.5, 0.6) is 0 Å². The number of amides is 6. The van der Waals surface area contributed by atoms with Gasteiger partial charge < -0.3 is 24.6 Å². The SMILES string of the molecule is CC[C@H](C)[C@@H]([C@@H](CC(=O)N1CCC[C@H]1[C@H](OC)[C@@H](C)C(=O)C[C@@H](Cc1ccccc1)C(=O)N1OC2C=CC1CC2)OC)N(C)C(=O)[C@@H](CC(=O)[C@H](C(C)C)N(C)CCCC(=O)CNC(=O)CCCCCN1C(=O)C=CC1=O)C(C)C. The number of imide groups is 1. The fraction of sp³-hybridized carbons (Fsp3) is 0.694. The highest BCUT2D eigenvalue weighted by atomic mass is 16.7. The van der Waals surface area contributed by atoms with Crippen molar-refractivity contribution in [2.24, 2.45) is 35.5 Å². The Labute approximate surface area is 476 Å². The molecule has 1 aromatic rings. The molecule has 2 bridgehead atoms. The van der Waals surface area contributed by atoms with Gasteiger partial charge in [-0.15, -0.1) is 0 Å². The molecule has 2 unspecified atom stereocenters. The molecular weight excluding hydrogens is 1020 g/mol. The fourth-order valence-electron chi connectivity index (χ4n) is 12.4. The third-order valence-corrected chi connectivity index (χ3v) is 17.2. The van der Waals surface area contributed by atoms with Crippen molar-refractivity contribution >= 4 is 52.8 Å². The van der Waals surface area contributed by atoms with Crippen LogP contribution >= 0.6 is 0 Å². The zero-order valence-corrected chi connectivity index (χ0v) is 49.8. The molecule has 4 heterocycles. The Hall–Kier alpha value is -5.43. The van der Waals surface area contributed by atoms with Crippen molar-refractivity contribution in [1.29, 1.82) is 0 Å². The molecule has 18 heteroatoms. The van der Waals surface area contributed by atoms with Gasteiger partial charge in [0.05, 0.1) is 55.3 Å². The molecule has 2 fully saturated rings. The maximum absolute atomic E-state index is 14.8. The van der Waals surface area contributed by atoms with Gasteiger partial charge in [0.25, 0.3) is 17.7 Å². The lowest BCUT2D eigenvalue weighted by molar-refractivity contribution is -0.234. The molecule has 6 rings (SSSR count). The smallest absolute Gasteiger partial charge is 0.253 e. The summed E-state index contributed by atoms with van der Waals surface area (Å²) in [5, 5.41) is 4.17. The Morgan fingerprint density at radius 3 is 2.08 bits per heavy atom. The lowest BCUT2D eigenvalue weighted by Crippen LogP contribution is -2.54. The van der Waals surface area contributed by atoms with E-state index in [0.29, 0.717) is 71.0 Å². The Balaban J connectivity index is 1.16. The summed E-state index contributed by atoms with van der Waals surface area (Å²) in [6, 6.07) is 8.08. The van der Waals surface area contributed by atoms with Crippen LogP contribution in [0.25, 0.3) is 0 Å². The van der Waals surface area contributed by atoms with Gasteiger partial charge in [0.15, 0.2) is 11.6 Å². The molecule has 444 valence electrons. The van der Waals surface area contributed by atoms with E-state index in [1.165, 1.54) is 22.1 Å². The van der Waals surface area contributed by atoms with Crippen LogP contribution in [0.3, 0.4) is 0 Å². The molecule has 0 aromatic heterocycles. The van der Waals surface area contributed by atoms with E-state index in [-0.39, 0.29) is 121 Å². The highest BCUT2D eigenvalue weighted by Gasteiger charge is 2.45. The lowest BCUT2D eigenvalue weighted by Gasteiger charge is -2.42. The Kier molecular flexibility index (Phi) is 25.9. The molecule has 1 aliphatic carbocycles. The highest BCUT2D eigenvalue weighted by Crippen LogP contribution is 2.34. The van der Waals surface area contributed by atoms with Crippen molar-refractivity contribution in [3.8, 4) is 0 Å². The predicted octanol–water partition coefficient (Wildman–Crippen LogP) is 6.72. The van der Waals surface area contributed by atoms with E-state index >= 15 is 0 Å². The quantitative estimate of drug-likeness (QED) is 0.0426. The number of benzene rings is 1. The number of ketones is 3. The number of carbonyl (C=O) groups excluding carboxylic acids is 9. The maximum atomic E-state index is 14.8. The molecule has 0 saturated carbocycles. The van der Waals surface area contributed by atoms with E-state index in [1.807, 2.05) is 103 Å². The molecule has 0 spiro atoms. The number of fused-ring (bicyclic) bond motifs is 2. The average Bonchev–Trinajstić information content (AvgIpc) is 4.08. The summed E-state index contributed by atoms with van der Waals surface area (Å²) in [5.74, 6) is -4.11. The Morgan fingerprint density at radius 1 is 0.787 bits per heavy atom. The summed E-state index contributed by atoms with van der Waals surface area (Å²) in [7, 11) is 6.72. The van der Waals surface area contributed by atoms with E-state index in [0.717, 1.165) is 18.4 Å². The van der Waals surface area contributed by atoms with Gasteiger partial charge in [0.2, 0.25) is 17.7 Å². The van der Waals surface area contributed by atoms with Crippen LogP contribution in [0.15, 0.2) is 54.6 Å². The number of likely N-dealkylation sites (tertiary alicyclic amines) is 1. The standard InChI is InChI=1S/C62H94N6O12/c1-12-42(6)59(65(9)62(77)49(40(2)3)37-52(71)58(41(4)5)64(8)32-19-23-47(69)39-63-54(72)25-17-14-18-33-67-55(73)30-31-56(67)74)53(78-10)38-57(75)66-34-20-24-50(66)60(79-11)43(7)51(70)36-45(35-44-21-15-13-16-22-44)61(76)68-46-26-28-48(80-68)29-27-46/h13,15-16,21-22,26,28,30-31,40-43,45-46,48-50,53,58-60H,12,14,17-20,23-25,27,29,32-39H2,1-11H3,(H,63,72)/t42-,43-,45+,46?,48?,49-,50-,53+,58-,59-,60+/m0/s1. The van der Waals surface area contributed by atoms with Crippen molar-refractivity contribution in [3.05, 3.63) is 60.2 Å². The second-order valence-corrected chi connectivity index (χ2v) is 23.6. The van der Waals surface area contributed by atoms with Gasteiger partial charge in [-0.2, -0.15) is 0 Å². The van der Waals surface area contributed by atoms with E-state index in [2.05, 4.69) is 5.32 Å². The fourth-order valence-corrected chi connectivity index (χ4v) is 12.4. The molecule has 0 radical (unpaired) electrons. The summed E-state index contributed by atoms with van der Waals surface area (Å²) in [5.41, 5.74) is 0.947. The number of nitrogens with one attached hydrogen (secondary N) is 1. The third-order valence-electron chi connectivity index (χ3n) is 17.2. The van der Waals surface area contributed by atoms with Crippen molar-refractivity contribution < 1.29 is 57.5 Å². The van der Waals surface area contributed by atoms with E-state index in [1.54, 1.807) is 31.1 Å². The molecule has 11 atom stereocenters. The van der Waals surface area contributed by atoms with Crippen LogP contribution in [0.4, 0.5) is 0 Å². The van der Waals surface area contributed by atoms with Gasteiger partial charge in [-0.3, -0.25) is 57.8 Å². The Morgan fingerprint density at radius 2 is 1.49 bits per heavy atom. The first-order valence-corrected chi connectivity index (χ1v) is 29.5. The van der Waals surface area contributed by atoms with E-state index < -0.39 is 48.1 Å². The molecule has 4 aliphatic heterocycles. The summed E-state index contributed by atoms with van der Waals surface area (Å²) in [6.07, 6.45) is 11.8. The number of likely N-dealkylation sites (N-methyl/N-ethyl adjacent to an activating group) is 2. The van der Waals surface area contributed by atoms with Crippen LogP contribution < -0.4 is 5.32 Å². The summed E-state index contributed by atoms with van der Waals surface area (Å²) < 4.78 is 12.3. The first kappa shape index (κ1) is 65.4. The number of hydrogen-bond donors (Lipinski definition) is 1. The monoisotopic (exact) mass is 1110 g/mol. The zero-order chi connectivity index (χ0) is 58.8. The van der Waals surface area contributed by atoms with Gasteiger partial charge >= 0.3 is 0 Å². The number of unbranched alkanes of at least 4 members (excludes halogenated alkanes) is 2. The second-order valence-electron chi connectivity index (χ2n) is 23.6. The number of hydroxylamine groups is 2. The van der Waals surface area contributed by atoms with Crippen LogP contribution in [0.2, 0.25) is 0 Å². The summed E-state index contributed by atoms with van der Waals surface area (Å²) in [4.78, 5) is 134. The number of Topliss-reactive ketones (excluding diaryl/α,β-unsaturated/α-hetero) is 3. The second kappa shape index (κ2) is 31.7. The molecule has 2 saturated heterocycles. The maximum Gasteiger partial charge on any atom is 0.253 e. The van der Waals surface area contributed by atoms with Gasteiger partial charge in [-0.1, -0.05) is 104 Å². The number of ether oxygens (including phenoxy) is 2. The van der Waals surface area contributed by atoms with Gasteiger partial charge in [-0.25, -0.2) is 5.06 Å². The van der Waals surface area contributed by atoms with Crippen molar-refractivity contribution in [3.63, 3.8) is 0 Å². The minimum absolute atomic E-state index is 0.00476. The highest BCUT2D eigenvalue weighted by molar-refractivity contribution is 6.12. The van der Waals surface area contributed by atoms with Gasteiger partial charge in [-0.05, 0) is 88.3 Å². The minimum Gasteiger partial charge on any atom is -0.379 e. The van der Waals surface area contributed by atoms with E-state index in [4.69, 9.17) is 14.3 Å². The van der Waals surface area contributed by atoms with Crippen LogP contribution in [-0.2, 0) is 63.9 Å². The van der Waals surface area contributed by atoms with Crippen molar-refractivity contribution in [1.82, 2.24) is 30.0 Å². The molecule has 6 amide bonds. The Bertz CT molecular complexity index is 2320. The summed E-state index contributed by atoms with van der Waals surface area (Å²) >= 11 is 0. The van der Waals surface area contributed by atoms with Crippen molar-refractivity contribution in [2.75, 3.05) is 54.5 Å². The minimum atomic E-state index is -0.690.